The minimum atomic E-state index is -0.396. The minimum Gasteiger partial charge on any atom is -0.347 e. The van der Waals surface area contributed by atoms with E-state index in [0.29, 0.717) is 17.7 Å². The first kappa shape index (κ1) is 18.0. The Bertz CT molecular complexity index is 926. The molecule has 6 heteroatoms. The van der Waals surface area contributed by atoms with E-state index >= 15 is 0 Å². The van der Waals surface area contributed by atoms with Crippen molar-refractivity contribution in [3.63, 3.8) is 0 Å². The Kier molecular flexibility index (Phi) is 6.04. The Morgan fingerprint density at radius 2 is 1.63 bits per heavy atom. The molecule has 2 aromatic heterocycles. The number of nitrogens with one attached hydrogen (secondary N) is 2. The summed E-state index contributed by atoms with van der Waals surface area (Å²) in [5.74, 6) is -0.755. The number of nitrogens with zero attached hydrogens (tertiary/aromatic N) is 2. The molecule has 0 saturated carbocycles. The third-order valence-electron chi connectivity index (χ3n) is 3.70. The lowest BCUT2D eigenvalue weighted by molar-refractivity contribution is -0.117. The number of hydrogen-bond acceptors (Lipinski definition) is 4. The smallest absolute Gasteiger partial charge is 0.268 e. The number of carbonyl (C=O) groups excluding carboxylic acids is 2. The number of hydrogen-bond donors (Lipinski definition) is 2. The summed E-state index contributed by atoms with van der Waals surface area (Å²) in [6.07, 6.45) is 8.18. The maximum absolute atomic E-state index is 12.7. The Labute approximate surface area is 157 Å². The van der Waals surface area contributed by atoms with Crippen molar-refractivity contribution < 1.29 is 9.59 Å². The van der Waals surface area contributed by atoms with Crippen LogP contribution in [0.2, 0.25) is 0 Å². The zero-order valence-corrected chi connectivity index (χ0v) is 14.5. The van der Waals surface area contributed by atoms with E-state index in [9.17, 15) is 9.59 Å². The lowest BCUT2D eigenvalue weighted by Gasteiger charge is -2.11. The first-order valence-corrected chi connectivity index (χ1v) is 8.37. The van der Waals surface area contributed by atoms with Gasteiger partial charge in [-0.3, -0.25) is 19.6 Å². The second kappa shape index (κ2) is 9.05. The maximum Gasteiger partial charge on any atom is 0.268 e. The van der Waals surface area contributed by atoms with Gasteiger partial charge < -0.3 is 10.6 Å². The highest BCUT2D eigenvalue weighted by Gasteiger charge is 2.14. The molecule has 3 rings (SSSR count). The van der Waals surface area contributed by atoms with Crippen molar-refractivity contribution >= 4 is 17.9 Å². The van der Waals surface area contributed by atoms with Crippen LogP contribution in [0.15, 0.2) is 85.1 Å². The largest absolute Gasteiger partial charge is 0.347 e. The summed E-state index contributed by atoms with van der Waals surface area (Å²) in [4.78, 5) is 33.2. The molecule has 6 nitrogen and oxygen atoms in total. The lowest BCUT2D eigenvalue weighted by atomic mass is 10.2. The fraction of sp³-hybridized carbons (Fsp3) is 0.0476. The highest BCUT2D eigenvalue weighted by molar-refractivity contribution is 6.05. The molecular weight excluding hydrogens is 340 g/mol. The lowest BCUT2D eigenvalue weighted by Crippen LogP contribution is -2.34. The zero-order chi connectivity index (χ0) is 18.9. The normalized spacial score (nSPS) is 10.9. The van der Waals surface area contributed by atoms with Gasteiger partial charge in [0.2, 0.25) is 0 Å². The number of pyridine rings is 2. The van der Waals surface area contributed by atoms with Crippen LogP contribution in [0.3, 0.4) is 0 Å². The average molecular weight is 358 g/mol. The summed E-state index contributed by atoms with van der Waals surface area (Å²) in [6.45, 7) is 0.304. The highest BCUT2D eigenvalue weighted by Crippen LogP contribution is 2.06. The second-order valence-corrected chi connectivity index (χ2v) is 5.71. The predicted octanol–water partition coefficient (Wildman–Crippen LogP) is 2.56. The van der Waals surface area contributed by atoms with Gasteiger partial charge in [0.25, 0.3) is 11.8 Å². The molecule has 134 valence electrons. The summed E-state index contributed by atoms with van der Waals surface area (Å²) in [7, 11) is 0. The van der Waals surface area contributed by atoms with Crippen LogP contribution in [0.25, 0.3) is 6.08 Å². The number of aromatic nitrogens is 2. The van der Waals surface area contributed by atoms with E-state index in [1.807, 2.05) is 12.1 Å². The van der Waals surface area contributed by atoms with Crippen molar-refractivity contribution in [3.05, 3.63) is 102 Å². The fourth-order valence-corrected chi connectivity index (χ4v) is 2.35. The molecule has 27 heavy (non-hydrogen) atoms. The number of benzene rings is 1. The van der Waals surface area contributed by atoms with Gasteiger partial charge in [0.15, 0.2) is 0 Å². The first-order chi connectivity index (χ1) is 13.2. The van der Waals surface area contributed by atoms with Gasteiger partial charge in [0, 0.05) is 36.9 Å². The van der Waals surface area contributed by atoms with Gasteiger partial charge in [-0.1, -0.05) is 30.3 Å². The Morgan fingerprint density at radius 1 is 0.889 bits per heavy atom. The van der Waals surface area contributed by atoms with Gasteiger partial charge in [-0.25, -0.2) is 0 Å². The van der Waals surface area contributed by atoms with Crippen LogP contribution < -0.4 is 10.6 Å². The molecule has 0 unspecified atom stereocenters. The topological polar surface area (TPSA) is 84.0 Å². The second-order valence-electron chi connectivity index (χ2n) is 5.71. The van der Waals surface area contributed by atoms with Gasteiger partial charge in [0.05, 0.1) is 0 Å². The van der Waals surface area contributed by atoms with Crippen molar-refractivity contribution in [2.24, 2.45) is 0 Å². The van der Waals surface area contributed by atoms with E-state index < -0.39 is 5.91 Å². The molecule has 0 aliphatic heterocycles. The van der Waals surface area contributed by atoms with Gasteiger partial charge in [0.1, 0.15) is 5.70 Å². The van der Waals surface area contributed by atoms with Crippen LogP contribution >= 0.6 is 0 Å². The summed E-state index contributed by atoms with van der Waals surface area (Å²) in [5, 5.41) is 5.48. The van der Waals surface area contributed by atoms with Crippen molar-refractivity contribution in [1.82, 2.24) is 20.6 Å². The molecule has 3 aromatic rings. The standard InChI is InChI=1S/C21H18N4O2/c26-20(18-8-2-1-3-9-18)25-19(12-16-6-4-10-22-13-16)21(27)24-15-17-7-5-11-23-14-17/h1-14H,15H2,(H,24,27)(H,25,26). The van der Waals surface area contributed by atoms with Crippen LogP contribution in [0, 0.1) is 0 Å². The summed E-state index contributed by atoms with van der Waals surface area (Å²) < 4.78 is 0. The summed E-state index contributed by atoms with van der Waals surface area (Å²) >= 11 is 0. The molecule has 0 bridgehead atoms. The van der Waals surface area contributed by atoms with Gasteiger partial charge in [-0.15, -0.1) is 0 Å². The molecule has 2 heterocycles. The van der Waals surface area contributed by atoms with E-state index in [2.05, 4.69) is 20.6 Å². The molecule has 1 aromatic carbocycles. The molecule has 0 fully saturated rings. The van der Waals surface area contributed by atoms with Crippen LogP contribution in [0.4, 0.5) is 0 Å². The third kappa shape index (κ3) is 5.34. The van der Waals surface area contributed by atoms with E-state index in [4.69, 9.17) is 0 Å². The molecule has 0 spiro atoms. The molecule has 2 N–H and O–H groups in total. The summed E-state index contributed by atoms with van der Waals surface area (Å²) in [5.41, 5.74) is 2.17. The maximum atomic E-state index is 12.7. The van der Waals surface area contributed by atoms with Crippen molar-refractivity contribution in [3.8, 4) is 0 Å². The molecule has 0 radical (unpaired) electrons. The van der Waals surface area contributed by atoms with Crippen LogP contribution in [0.1, 0.15) is 21.5 Å². The molecule has 0 aliphatic rings. The fourth-order valence-electron chi connectivity index (χ4n) is 2.35. The summed E-state index contributed by atoms with van der Waals surface area (Å²) in [6, 6.07) is 15.9. The zero-order valence-electron chi connectivity index (χ0n) is 14.5. The first-order valence-electron chi connectivity index (χ1n) is 8.37. The van der Waals surface area contributed by atoms with Gasteiger partial charge in [-0.2, -0.15) is 0 Å². The SMILES string of the molecule is O=C(NCc1cccnc1)C(=Cc1cccnc1)NC(=O)c1ccccc1. The van der Waals surface area contributed by atoms with Gasteiger partial charge >= 0.3 is 0 Å². The van der Waals surface area contributed by atoms with E-state index in [-0.39, 0.29) is 11.6 Å². The molecule has 2 amide bonds. The third-order valence-corrected chi connectivity index (χ3v) is 3.70. The van der Waals surface area contributed by atoms with E-state index in [1.165, 1.54) is 0 Å². The van der Waals surface area contributed by atoms with Crippen LogP contribution in [0.5, 0.6) is 0 Å². The van der Waals surface area contributed by atoms with Crippen LogP contribution in [-0.4, -0.2) is 21.8 Å². The Balaban J connectivity index is 1.78. The monoisotopic (exact) mass is 358 g/mol. The number of rotatable bonds is 6. The quantitative estimate of drug-likeness (QED) is 0.664. The van der Waals surface area contributed by atoms with Crippen LogP contribution in [-0.2, 0) is 11.3 Å². The highest BCUT2D eigenvalue weighted by atomic mass is 16.2. The molecule has 0 atom stereocenters. The van der Waals surface area contributed by atoms with Crippen molar-refractivity contribution in [1.29, 1.82) is 0 Å². The minimum absolute atomic E-state index is 0.140. The predicted molar refractivity (Wildman–Crippen MR) is 102 cm³/mol. The number of amides is 2. The Morgan fingerprint density at radius 3 is 2.30 bits per heavy atom. The van der Waals surface area contributed by atoms with E-state index in [1.54, 1.807) is 73.3 Å². The average Bonchev–Trinajstić information content (AvgIpc) is 2.73. The molecular formula is C21H18N4O2. The molecule has 0 saturated heterocycles. The number of carbonyl (C=O) groups is 2. The van der Waals surface area contributed by atoms with Crippen molar-refractivity contribution in [2.75, 3.05) is 0 Å². The van der Waals surface area contributed by atoms with Crippen molar-refractivity contribution in [2.45, 2.75) is 6.54 Å². The Hall–Kier alpha value is -3.80. The van der Waals surface area contributed by atoms with Gasteiger partial charge in [-0.05, 0) is 41.5 Å². The van der Waals surface area contributed by atoms with E-state index in [0.717, 1.165) is 5.56 Å². The molecule has 0 aliphatic carbocycles.